The summed E-state index contributed by atoms with van der Waals surface area (Å²) >= 11 is 0. The summed E-state index contributed by atoms with van der Waals surface area (Å²) in [6, 6.07) is 15.7. The number of hydrogen-bond donors (Lipinski definition) is 1. The van der Waals surface area contributed by atoms with Crippen LogP contribution in [0.1, 0.15) is 29.5 Å². The highest BCUT2D eigenvalue weighted by molar-refractivity contribution is 5.84. The number of carbonyl (C=O) groups is 1. The van der Waals surface area contributed by atoms with Gasteiger partial charge in [-0.25, -0.2) is 4.79 Å². The van der Waals surface area contributed by atoms with Gasteiger partial charge in [-0.05, 0) is 41.7 Å². The Hall–Kier alpha value is -2.37. The summed E-state index contributed by atoms with van der Waals surface area (Å²) in [6.45, 7) is 1.61. The summed E-state index contributed by atoms with van der Waals surface area (Å²) in [6.07, 6.45) is 3.09. The van der Waals surface area contributed by atoms with Crippen molar-refractivity contribution < 1.29 is 19.0 Å². The fraction of sp³-hybridized carbons (Fsp3) is 0.381. The van der Waals surface area contributed by atoms with Crippen LogP contribution in [0.25, 0.3) is 0 Å². The van der Waals surface area contributed by atoms with E-state index in [1.165, 1.54) is 11.1 Å². The summed E-state index contributed by atoms with van der Waals surface area (Å²) in [5.41, 5.74) is 4.25. The van der Waals surface area contributed by atoms with Crippen LogP contribution in [0.4, 0.5) is 10.5 Å². The summed E-state index contributed by atoms with van der Waals surface area (Å²) in [4.78, 5) is 12.1. The van der Waals surface area contributed by atoms with Crippen molar-refractivity contribution in [1.29, 1.82) is 0 Å². The molecule has 1 N–H and O–H groups in total. The number of rotatable bonds is 3. The molecule has 136 valence electrons. The summed E-state index contributed by atoms with van der Waals surface area (Å²) in [7, 11) is 0. The molecule has 1 heterocycles. The van der Waals surface area contributed by atoms with E-state index in [2.05, 4.69) is 11.4 Å². The van der Waals surface area contributed by atoms with Crippen LogP contribution < -0.4 is 5.32 Å². The molecule has 0 unspecified atom stereocenters. The molecular formula is C21H23NO4. The molecule has 0 saturated carbocycles. The van der Waals surface area contributed by atoms with E-state index in [9.17, 15) is 4.79 Å². The standard InChI is InChI=1S/C21H23NO4/c23-20(24-15-16-4-2-1-3-5-16)22-19-7-6-17-8-10-21(25-12-13-26-21)11-9-18(17)14-19/h1-7,14H,8-13,15H2,(H,22,23). The van der Waals surface area contributed by atoms with Crippen molar-refractivity contribution in [2.45, 2.75) is 38.1 Å². The van der Waals surface area contributed by atoms with Crippen LogP contribution in [-0.2, 0) is 33.7 Å². The smallest absolute Gasteiger partial charge is 0.411 e. The van der Waals surface area contributed by atoms with Crippen LogP contribution in [0.2, 0.25) is 0 Å². The number of anilines is 1. The predicted octanol–water partition coefficient (Wildman–Crippen LogP) is 4.06. The molecule has 5 heteroatoms. The maximum Gasteiger partial charge on any atom is 0.411 e. The molecule has 1 saturated heterocycles. The number of carbonyl (C=O) groups excluding carboxylic acids is 1. The fourth-order valence-electron chi connectivity index (χ4n) is 3.62. The quantitative estimate of drug-likeness (QED) is 0.904. The number of benzene rings is 2. The molecule has 1 aliphatic carbocycles. The zero-order valence-electron chi connectivity index (χ0n) is 14.7. The molecule has 0 aromatic heterocycles. The maximum absolute atomic E-state index is 12.1. The lowest BCUT2D eigenvalue weighted by atomic mass is 10.0. The molecule has 4 rings (SSSR count). The monoisotopic (exact) mass is 353 g/mol. The van der Waals surface area contributed by atoms with Crippen molar-refractivity contribution in [2.24, 2.45) is 0 Å². The highest BCUT2D eigenvalue weighted by atomic mass is 16.7. The van der Waals surface area contributed by atoms with E-state index in [4.69, 9.17) is 14.2 Å². The lowest BCUT2D eigenvalue weighted by Gasteiger charge is -2.25. The van der Waals surface area contributed by atoms with E-state index in [0.29, 0.717) is 13.2 Å². The first-order valence-electron chi connectivity index (χ1n) is 9.10. The minimum absolute atomic E-state index is 0.259. The lowest BCUT2D eigenvalue weighted by molar-refractivity contribution is -0.164. The molecule has 26 heavy (non-hydrogen) atoms. The first-order chi connectivity index (χ1) is 12.7. The molecule has 2 aromatic rings. The van der Waals surface area contributed by atoms with Gasteiger partial charge in [0.05, 0.1) is 13.2 Å². The summed E-state index contributed by atoms with van der Waals surface area (Å²) in [5, 5.41) is 2.82. The van der Waals surface area contributed by atoms with E-state index < -0.39 is 11.9 Å². The third-order valence-corrected chi connectivity index (χ3v) is 5.03. The van der Waals surface area contributed by atoms with Gasteiger partial charge in [-0.1, -0.05) is 36.4 Å². The van der Waals surface area contributed by atoms with E-state index in [1.54, 1.807) is 0 Å². The second-order valence-electron chi connectivity index (χ2n) is 6.78. The van der Waals surface area contributed by atoms with Crippen LogP contribution in [0.15, 0.2) is 48.5 Å². The molecule has 5 nitrogen and oxygen atoms in total. The molecule has 1 fully saturated rings. The van der Waals surface area contributed by atoms with Gasteiger partial charge < -0.3 is 14.2 Å². The van der Waals surface area contributed by atoms with Crippen molar-refractivity contribution >= 4 is 11.8 Å². The van der Waals surface area contributed by atoms with Crippen molar-refractivity contribution in [3.63, 3.8) is 0 Å². The average molecular weight is 353 g/mol. The number of fused-ring (bicyclic) bond motifs is 1. The molecule has 2 aliphatic rings. The molecule has 0 bridgehead atoms. The van der Waals surface area contributed by atoms with Gasteiger partial charge in [-0.15, -0.1) is 0 Å². The highest BCUT2D eigenvalue weighted by Crippen LogP contribution is 2.35. The van der Waals surface area contributed by atoms with Gasteiger partial charge in [0.2, 0.25) is 0 Å². The minimum atomic E-state index is -0.443. The van der Waals surface area contributed by atoms with Gasteiger partial charge in [0.1, 0.15) is 6.61 Å². The Morgan fingerprint density at radius 2 is 1.73 bits per heavy atom. The molecule has 0 radical (unpaired) electrons. The molecule has 2 aromatic carbocycles. The number of amides is 1. The Bertz CT molecular complexity index is 769. The fourth-order valence-corrected chi connectivity index (χ4v) is 3.62. The maximum atomic E-state index is 12.1. The van der Waals surface area contributed by atoms with Gasteiger partial charge in [-0.3, -0.25) is 5.32 Å². The van der Waals surface area contributed by atoms with Crippen LogP contribution >= 0.6 is 0 Å². The van der Waals surface area contributed by atoms with Crippen molar-refractivity contribution in [1.82, 2.24) is 0 Å². The van der Waals surface area contributed by atoms with E-state index in [0.717, 1.165) is 36.9 Å². The first-order valence-corrected chi connectivity index (χ1v) is 9.10. The van der Waals surface area contributed by atoms with E-state index in [1.807, 2.05) is 42.5 Å². The zero-order chi connectivity index (χ0) is 17.8. The van der Waals surface area contributed by atoms with Gasteiger partial charge in [0.15, 0.2) is 5.79 Å². The van der Waals surface area contributed by atoms with Gasteiger partial charge >= 0.3 is 6.09 Å². The molecule has 1 spiro atoms. The SMILES string of the molecule is O=C(Nc1ccc2c(c1)CCC1(CC2)OCCO1)OCc1ccccc1. The lowest BCUT2D eigenvalue weighted by Crippen LogP contribution is -2.30. The Morgan fingerprint density at radius 1 is 1.00 bits per heavy atom. The molecule has 1 amide bonds. The summed E-state index contributed by atoms with van der Waals surface area (Å²) in [5.74, 6) is -0.415. The van der Waals surface area contributed by atoms with Crippen LogP contribution in [0, 0.1) is 0 Å². The number of aryl methyl sites for hydroxylation is 2. The summed E-state index contributed by atoms with van der Waals surface area (Å²) < 4.78 is 17.0. The van der Waals surface area contributed by atoms with Crippen LogP contribution in [0.3, 0.4) is 0 Å². The third kappa shape index (κ3) is 3.89. The van der Waals surface area contributed by atoms with Crippen molar-refractivity contribution in [2.75, 3.05) is 18.5 Å². The highest BCUT2D eigenvalue weighted by Gasteiger charge is 2.37. The second kappa shape index (κ2) is 7.48. The number of hydrogen-bond acceptors (Lipinski definition) is 4. The van der Waals surface area contributed by atoms with Crippen molar-refractivity contribution in [3.05, 3.63) is 65.2 Å². The van der Waals surface area contributed by atoms with E-state index in [-0.39, 0.29) is 6.61 Å². The average Bonchev–Trinajstić information content (AvgIpc) is 3.06. The predicted molar refractivity (Wildman–Crippen MR) is 98.0 cm³/mol. The van der Waals surface area contributed by atoms with Gasteiger partial charge in [0, 0.05) is 18.5 Å². The zero-order valence-corrected chi connectivity index (χ0v) is 14.7. The Morgan fingerprint density at radius 3 is 2.50 bits per heavy atom. The van der Waals surface area contributed by atoms with Crippen LogP contribution in [-0.4, -0.2) is 25.1 Å². The molecule has 1 aliphatic heterocycles. The van der Waals surface area contributed by atoms with Gasteiger partial charge in [0.25, 0.3) is 0 Å². The third-order valence-electron chi connectivity index (χ3n) is 5.03. The normalized spacial score (nSPS) is 18.2. The number of nitrogens with one attached hydrogen (secondary N) is 1. The largest absolute Gasteiger partial charge is 0.444 e. The van der Waals surface area contributed by atoms with Crippen molar-refractivity contribution in [3.8, 4) is 0 Å². The second-order valence-corrected chi connectivity index (χ2v) is 6.78. The first kappa shape index (κ1) is 17.1. The Labute approximate surface area is 153 Å². The van der Waals surface area contributed by atoms with Crippen LogP contribution in [0.5, 0.6) is 0 Å². The number of ether oxygens (including phenoxy) is 3. The topological polar surface area (TPSA) is 56.8 Å². The molecular weight excluding hydrogens is 330 g/mol. The Balaban J connectivity index is 1.37. The Kier molecular flexibility index (Phi) is 4.91. The van der Waals surface area contributed by atoms with Gasteiger partial charge in [-0.2, -0.15) is 0 Å². The molecule has 0 atom stereocenters. The van der Waals surface area contributed by atoms with E-state index >= 15 is 0 Å². The minimum Gasteiger partial charge on any atom is -0.444 e.